The van der Waals surface area contributed by atoms with E-state index in [1.165, 1.54) is 0 Å². The number of nitrogens with zero attached hydrogens (tertiary/aromatic N) is 1. The van der Waals surface area contributed by atoms with Crippen LogP contribution in [0.25, 0.3) is 0 Å². The van der Waals surface area contributed by atoms with Crippen LogP contribution in [0.15, 0.2) is 18.2 Å². The van der Waals surface area contributed by atoms with E-state index in [9.17, 15) is 8.42 Å². The van der Waals surface area contributed by atoms with Crippen LogP contribution in [0.4, 0.5) is 5.69 Å². The molecular formula is C14H22N2O3S2. The fraction of sp³-hybridized carbons (Fsp3) is 0.571. The van der Waals surface area contributed by atoms with Gasteiger partial charge in [-0.15, -0.1) is 0 Å². The van der Waals surface area contributed by atoms with Crippen molar-refractivity contribution in [2.24, 2.45) is 5.73 Å². The summed E-state index contributed by atoms with van der Waals surface area (Å²) in [7, 11) is -1.53. The normalized spacial score (nSPS) is 19.6. The third kappa shape index (κ3) is 3.46. The molecule has 0 radical (unpaired) electrons. The van der Waals surface area contributed by atoms with E-state index in [1.54, 1.807) is 25.8 Å². The minimum absolute atomic E-state index is 0.149. The number of hydrogen-bond acceptors (Lipinski definition) is 6. The Bertz CT molecular complexity index is 590. The number of hydrogen-bond donors (Lipinski definition) is 1. The van der Waals surface area contributed by atoms with Crippen LogP contribution >= 0.6 is 11.8 Å². The molecule has 0 spiro atoms. The number of rotatable bonds is 5. The molecule has 21 heavy (non-hydrogen) atoms. The summed E-state index contributed by atoms with van der Waals surface area (Å²) in [6.07, 6.45) is 0. The summed E-state index contributed by atoms with van der Waals surface area (Å²) in [6, 6.07) is 5.65. The van der Waals surface area contributed by atoms with Crippen molar-refractivity contribution < 1.29 is 13.2 Å². The lowest BCUT2D eigenvalue weighted by Gasteiger charge is -2.37. The van der Waals surface area contributed by atoms with E-state index >= 15 is 0 Å². The largest absolute Gasteiger partial charge is 0.497 e. The predicted octanol–water partition coefficient (Wildman–Crippen LogP) is 1.47. The Labute approximate surface area is 130 Å². The van der Waals surface area contributed by atoms with E-state index in [1.807, 2.05) is 23.1 Å². The third-order valence-corrected chi connectivity index (χ3v) is 7.01. The SMILES string of the molecule is CCS(=O)(=O)C1CSCCN1c1cc(OC)ccc1CN. The summed E-state index contributed by atoms with van der Waals surface area (Å²) in [6.45, 7) is 2.78. The van der Waals surface area contributed by atoms with E-state index in [2.05, 4.69) is 0 Å². The van der Waals surface area contributed by atoms with Gasteiger partial charge in [-0.05, 0) is 11.6 Å². The van der Waals surface area contributed by atoms with E-state index < -0.39 is 15.2 Å². The lowest BCUT2D eigenvalue weighted by molar-refractivity contribution is 0.414. The molecule has 118 valence electrons. The average molecular weight is 330 g/mol. The molecule has 1 aromatic carbocycles. The summed E-state index contributed by atoms with van der Waals surface area (Å²) in [4.78, 5) is 1.97. The van der Waals surface area contributed by atoms with Crippen LogP contribution < -0.4 is 15.4 Å². The second-order valence-electron chi connectivity index (χ2n) is 4.87. The quantitative estimate of drug-likeness (QED) is 0.881. The first-order valence-corrected chi connectivity index (χ1v) is 9.83. The van der Waals surface area contributed by atoms with Crippen LogP contribution in [-0.4, -0.2) is 44.7 Å². The van der Waals surface area contributed by atoms with Crippen molar-refractivity contribution >= 4 is 27.3 Å². The molecule has 1 saturated heterocycles. The van der Waals surface area contributed by atoms with Gasteiger partial charge in [0.05, 0.1) is 7.11 Å². The Morgan fingerprint density at radius 3 is 2.86 bits per heavy atom. The van der Waals surface area contributed by atoms with Crippen molar-refractivity contribution in [2.45, 2.75) is 18.8 Å². The Hall–Kier alpha value is -0.920. The average Bonchev–Trinajstić information content (AvgIpc) is 2.54. The zero-order chi connectivity index (χ0) is 15.5. The summed E-state index contributed by atoms with van der Waals surface area (Å²) >= 11 is 1.68. The first-order valence-electron chi connectivity index (χ1n) is 6.96. The molecule has 1 fully saturated rings. The highest BCUT2D eigenvalue weighted by Gasteiger charge is 2.33. The van der Waals surface area contributed by atoms with Crippen molar-refractivity contribution in [3.63, 3.8) is 0 Å². The maximum Gasteiger partial charge on any atom is 0.171 e. The lowest BCUT2D eigenvalue weighted by atomic mass is 10.1. The Kier molecular flexibility index (Phi) is 5.40. The molecule has 0 aliphatic carbocycles. The maximum absolute atomic E-state index is 12.4. The zero-order valence-corrected chi connectivity index (χ0v) is 14.0. The molecule has 0 saturated carbocycles. The Morgan fingerprint density at radius 1 is 1.48 bits per heavy atom. The summed E-state index contributed by atoms with van der Waals surface area (Å²) in [5, 5.41) is -0.487. The van der Waals surface area contributed by atoms with Gasteiger partial charge in [0.1, 0.15) is 11.1 Å². The minimum atomic E-state index is -3.14. The number of nitrogens with two attached hydrogens (primary N) is 1. The summed E-state index contributed by atoms with van der Waals surface area (Å²) in [5.41, 5.74) is 7.63. The highest BCUT2D eigenvalue weighted by atomic mass is 32.2. The van der Waals surface area contributed by atoms with Gasteiger partial charge in [0.25, 0.3) is 0 Å². The number of sulfone groups is 1. The molecular weight excluding hydrogens is 308 g/mol. The smallest absolute Gasteiger partial charge is 0.171 e. The molecule has 2 rings (SSSR count). The Balaban J connectivity index is 2.46. The van der Waals surface area contributed by atoms with Crippen LogP contribution in [-0.2, 0) is 16.4 Å². The second-order valence-corrected chi connectivity index (χ2v) is 8.47. The predicted molar refractivity (Wildman–Crippen MR) is 88.8 cm³/mol. The van der Waals surface area contributed by atoms with Crippen LogP contribution in [0.2, 0.25) is 0 Å². The molecule has 5 nitrogen and oxygen atoms in total. The Morgan fingerprint density at radius 2 is 2.24 bits per heavy atom. The molecule has 0 aromatic heterocycles. The van der Waals surface area contributed by atoms with Gasteiger partial charge >= 0.3 is 0 Å². The van der Waals surface area contributed by atoms with E-state index in [4.69, 9.17) is 10.5 Å². The van der Waals surface area contributed by atoms with Crippen LogP contribution in [0, 0.1) is 0 Å². The van der Waals surface area contributed by atoms with Gasteiger partial charge in [-0.25, -0.2) is 8.42 Å². The van der Waals surface area contributed by atoms with E-state index in [0.29, 0.717) is 24.6 Å². The van der Waals surface area contributed by atoms with Crippen molar-refractivity contribution in [3.8, 4) is 5.75 Å². The molecule has 0 amide bonds. The molecule has 1 aromatic rings. The monoisotopic (exact) mass is 330 g/mol. The molecule has 1 aliphatic rings. The number of methoxy groups -OCH3 is 1. The molecule has 7 heteroatoms. The molecule has 1 heterocycles. The fourth-order valence-corrected chi connectivity index (χ4v) is 5.44. The van der Waals surface area contributed by atoms with Crippen LogP contribution in [0.1, 0.15) is 12.5 Å². The maximum atomic E-state index is 12.4. The van der Waals surface area contributed by atoms with Crippen molar-refractivity contribution in [2.75, 3.05) is 35.8 Å². The highest BCUT2D eigenvalue weighted by molar-refractivity contribution is 8.01. The number of benzene rings is 1. The number of anilines is 1. The number of ether oxygens (including phenoxy) is 1. The van der Waals surface area contributed by atoms with Gasteiger partial charge in [-0.3, -0.25) is 0 Å². The third-order valence-electron chi connectivity index (χ3n) is 3.72. The first kappa shape index (κ1) is 16.5. The van der Waals surface area contributed by atoms with Gasteiger partial charge in [0.2, 0.25) is 0 Å². The second kappa shape index (κ2) is 6.89. The summed E-state index contributed by atoms with van der Waals surface area (Å²) < 4.78 is 30.0. The first-order chi connectivity index (χ1) is 10.0. The topological polar surface area (TPSA) is 72.6 Å². The van der Waals surface area contributed by atoms with Gasteiger partial charge in [0.15, 0.2) is 9.84 Å². The minimum Gasteiger partial charge on any atom is -0.497 e. The fourth-order valence-electron chi connectivity index (χ4n) is 2.46. The number of thioether (sulfide) groups is 1. The molecule has 0 bridgehead atoms. The molecule has 1 aliphatic heterocycles. The summed E-state index contributed by atoms with van der Waals surface area (Å²) in [5.74, 6) is 2.37. The standard InChI is InChI=1S/C14H22N2O3S2/c1-3-21(17,18)14-10-20-7-6-16(14)13-8-12(19-2)5-4-11(13)9-15/h4-5,8,14H,3,6-7,9-10,15H2,1-2H3. The van der Waals surface area contributed by atoms with Gasteiger partial charge in [-0.1, -0.05) is 13.0 Å². The molecule has 1 unspecified atom stereocenters. The van der Waals surface area contributed by atoms with Crippen molar-refractivity contribution in [3.05, 3.63) is 23.8 Å². The zero-order valence-electron chi connectivity index (χ0n) is 12.4. The highest BCUT2D eigenvalue weighted by Crippen LogP contribution is 2.32. The van der Waals surface area contributed by atoms with Crippen molar-refractivity contribution in [1.82, 2.24) is 0 Å². The molecule has 2 N–H and O–H groups in total. The van der Waals surface area contributed by atoms with Crippen molar-refractivity contribution in [1.29, 1.82) is 0 Å². The van der Waals surface area contributed by atoms with Gasteiger partial charge < -0.3 is 15.4 Å². The van der Waals surface area contributed by atoms with Crippen LogP contribution in [0.3, 0.4) is 0 Å². The molecule has 1 atom stereocenters. The van der Waals surface area contributed by atoms with E-state index in [-0.39, 0.29) is 5.75 Å². The van der Waals surface area contributed by atoms with E-state index in [0.717, 1.165) is 17.0 Å². The lowest BCUT2D eigenvalue weighted by Crippen LogP contribution is -2.48. The van der Waals surface area contributed by atoms with Crippen LogP contribution in [0.5, 0.6) is 5.75 Å². The van der Waals surface area contributed by atoms with Gasteiger partial charge in [0, 0.05) is 42.1 Å². The van der Waals surface area contributed by atoms with Gasteiger partial charge in [-0.2, -0.15) is 11.8 Å².